The van der Waals surface area contributed by atoms with Crippen LogP contribution < -0.4 is 5.32 Å². The van der Waals surface area contributed by atoms with Gasteiger partial charge in [0.15, 0.2) is 11.0 Å². The maximum atomic E-state index is 12.9. The first kappa shape index (κ1) is 22.5. The van der Waals surface area contributed by atoms with Crippen molar-refractivity contribution < 1.29 is 14.4 Å². The van der Waals surface area contributed by atoms with Crippen molar-refractivity contribution in [1.29, 1.82) is 0 Å². The van der Waals surface area contributed by atoms with E-state index in [0.29, 0.717) is 23.0 Å². The molecule has 0 radical (unpaired) electrons. The van der Waals surface area contributed by atoms with Crippen LogP contribution in [0.15, 0.2) is 60.1 Å². The standard InChI is InChI=1S/C24H25N3O3S/c1-5-11-27-23(30)21(14-22(29)26-20-10-9-15(2)12-16(20)3)31-24(27)25-19-8-6-7-18(13-19)17(4)28/h5-10,12-13,21H,1,11,14H2,2-4H3,(H,26,29). The van der Waals surface area contributed by atoms with E-state index in [1.54, 1.807) is 30.3 Å². The quantitative estimate of drug-likeness (QED) is 0.507. The predicted octanol–water partition coefficient (Wildman–Crippen LogP) is 4.65. The van der Waals surface area contributed by atoms with Gasteiger partial charge in [0, 0.05) is 24.2 Å². The molecule has 0 bridgehead atoms. The van der Waals surface area contributed by atoms with Crippen LogP contribution in [0.5, 0.6) is 0 Å². The molecule has 160 valence electrons. The van der Waals surface area contributed by atoms with Gasteiger partial charge in [-0.15, -0.1) is 6.58 Å². The number of hydrogen-bond donors (Lipinski definition) is 1. The van der Waals surface area contributed by atoms with Crippen LogP contribution in [0, 0.1) is 13.8 Å². The van der Waals surface area contributed by atoms with E-state index in [-0.39, 0.29) is 24.0 Å². The molecule has 1 fully saturated rings. The third kappa shape index (κ3) is 5.49. The molecule has 1 heterocycles. The highest BCUT2D eigenvalue weighted by Gasteiger charge is 2.38. The van der Waals surface area contributed by atoms with Crippen LogP contribution in [0.4, 0.5) is 11.4 Å². The molecule has 0 saturated carbocycles. The molecule has 0 aromatic heterocycles. The number of rotatable bonds is 7. The minimum Gasteiger partial charge on any atom is -0.326 e. The summed E-state index contributed by atoms with van der Waals surface area (Å²) >= 11 is 1.25. The van der Waals surface area contributed by atoms with Gasteiger partial charge >= 0.3 is 0 Å². The number of aryl methyl sites for hydroxylation is 2. The molecule has 0 spiro atoms. The summed E-state index contributed by atoms with van der Waals surface area (Å²) < 4.78 is 0. The van der Waals surface area contributed by atoms with Crippen LogP contribution >= 0.6 is 11.8 Å². The fourth-order valence-corrected chi connectivity index (χ4v) is 4.42. The SMILES string of the molecule is C=CCN1C(=O)C(CC(=O)Nc2ccc(C)cc2C)SC1=Nc1cccc(C(C)=O)c1. The Morgan fingerprint density at radius 1 is 1.23 bits per heavy atom. The lowest BCUT2D eigenvalue weighted by Gasteiger charge is -2.14. The number of amides is 2. The number of ketones is 1. The minimum atomic E-state index is -0.569. The summed E-state index contributed by atoms with van der Waals surface area (Å²) in [4.78, 5) is 43.3. The van der Waals surface area contributed by atoms with Crippen molar-refractivity contribution >= 4 is 45.9 Å². The summed E-state index contributed by atoms with van der Waals surface area (Å²) in [5.74, 6) is -0.459. The molecular weight excluding hydrogens is 410 g/mol. The summed E-state index contributed by atoms with van der Waals surface area (Å²) in [6.07, 6.45) is 1.66. The van der Waals surface area contributed by atoms with Crippen LogP contribution in [0.3, 0.4) is 0 Å². The van der Waals surface area contributed by atoms with E-state index in [1.807, 2.05) is 32.0 Å². The molecule has 1 atom stereocenters. The van der Waals surface area contributed by atoms with Crippen LogP contribution in [-0.4, -0.2) is 39.5 Å². The number of amidine groups is 1. The molecule has 7 heteroatoms. The topological polar surface area (TPSA) is 78.8 Å². The average Bonchev–Trinajstić information content (AvgIpc) is 2.99. The lowest BCUT2D eigenvalue weighted by molar-refractivity contribution is -0.127. The molecule has 2 amide bonds. The first-order valence-electron chi connectivity index (χ1n) is 9.94. The van der Waals surface area contributed by atoms with Gasteiger partial charge in [0.25, 0.3) is 0 Å². The number of nitrogens with zero attached hydrogens (tertiary/aromatic N) is 2. The summed E-state index contributed by atoms with van der Waals surface area (Å²) in [5, 5.41) is 2.82. The van der Waals surface area contributed by atoms with Crippen LogP contribution in [0.2, 0.25) is 0 Å². The van der Waals surface area contributed by atoms with E-state index in [0.717, 1.165) is 16.8 Å². The number of thioether (sulfide) groups is 1. The molecule has 2 aromatic carbocycles. The number of benzene rings is 2. The second kappa shape index (κ2) is 9.75. The van der Waals surface area contributed by atoms with E-state index >= 15 is 0 Å². The second-order valence-electron chi connectivity index (χ2n) is 7.42. The van der Waals surface area contributed by atoms with Gasteiger partial charge < -0.3 is 5.32 Å². The van der Waals surface area contributed by atoms with Crippen molar-refractivity contribution in [2.45, 2.75) is 32.4 Å². The first-order valence-corrected chi connectivity index (χ1v) is 10.8. The Hall–Kier alpha value is -3.19. The number of carbonyl (C=O) groups is 3. The Bertz CT molecular complexity index is 1080. The lowest BCUT2D eigenvalue weighted by atomic mass is 10.1. The number of carbonyl (C=O) groups excluding carboxylic acids is 3. The summed E-state index contributed by atoms with van der Waals surface area (Å²) in [6, 6.07) is 12.7. The molecule has 1 saturated heterocycles. The van der Waals surface area contributed by atoms with Gasteiger partial charge in [-0.2, -0.15) is 0 Å². The van der Waals surface area contributed by atoms with Crippen LogP contribution in [0.25, 0.3) is 0 Å². The van der Waals surface area contributed by atoms with Gasteiger partial charge in [0.2, 0.25) is 11.8 Å². The van der Waals surface area contributed by atoms with E-state index in [1.165, 1.54) is 23.6 Å². The van der Waals surface area contributed by atoms with Crippen molar-refractivity contribution in [3.05, 3.63) is 71.8 Å². The van der Waals surface area contributed by atoms with Gasteiger partial charge in [-0.3, -0.25) is 19.3 Å². The summed E-state index contributed by atoms with van der Waals surface area (Å²) in [7, 11) is 0. The van der Waals surface area contributed by atoms with Gasteiger partial charge in [-0.05, 0) is 44.5 Å². The van der Waals surface area contributed by atoms with Crippen LogP contribution in [0.1, 0.15) is 34.8 Å². The molecular formula is C24H25N3O3S. The average molecular weight is 436 g/mol. The molecule has 1 unspecified atom stereocenters. The van der Waals surface area contributed by atoms with Crippen molar-refractivity contribution in [2.24, 2.45) is 4.99 Å². The monoisotopic (exact) mass is 435 g/mol. The third-order valence-electron chi connectivity index (χ3n) is 4.84. The van der Waals surface area contributed by atoms with Gasteiger partial charge in [0.05, 0.1) is 5.69 Å². The molecule has 6 nitrogen and oxygen atoms in total. The fraction of sp³-hybridized carbons (Fsp3) is 0.250. The van der Waals surface area contributed by atoms with Crippen LogP contribution in [-0.2, 0) is 9.59 Å². The van der Waals surface area contributed by atoms with E-state index < -0.39 is 5.25 Å². The number of hydrogen-bond acceptors (Lipinski definition) is 5. The van der Waals surface area contributed by atoms with Crippen molar-refractivity contribution in [2.75, 3.05) is 11.9 Å². The van der Waals surface area contributed by atoms with Crippen molar-refractivity contribution in [1.82, 2.24) is 4.90 Å². The second-order valence-corrected chi connectivity index (χ2v) is 8.59. The first-order chi connectivity index (χ1) is 14.8. The molecule has 1 aliphatic heterocycles. The van der Waals surface area contributed by atoms with Gasteiger partial charge in [-0.1, -0.05) is 47.7 Å². The zero-order valence-electron chi connectivity index (χ0n) is 17.8. The van der Waals surface area contributed by atoms with Crippen molar-refractivity contribution in [3.63, 3.8) is 0 Å². The molecule has 31 heavy (non-hydrogen) atoms. The number of aliphatic imine (C=N–C) groups is 1. The molecule has 3 rings (SSSR count). The Morgan fingerprint density at radius 2 is 2.00 bits per heavy atom. The highest BCUT2D eigenvalue weighted by molar-refractivity contribution is 8.15. The number of Topliss-reactive ketones (excluding diaryl/α,β-unsaturated/α-hetero) is 1. The van der Waals surface area contributed by atoms with E-state index in [2.05, 4.69) is 16.9 Å². The number of nitrogens with one attached hydrogen (secondary N) is 1. The van der Waals surface area contributed by atoms with Gasteiger partial charge in [0.1, 0.15) is 5.25 Å². The van der Waals surface area contributed by atoms with Gasteiger partial charge in [-0.25, -0.2) is 4.99 Å². The maximum Gasteiger partial charge on any atom is 0.242 e. The molecule has 2 aromatic rings. The lowest BCUT2D eigenvalue weighted by Crippen LogP contribution is -2.33. The van der Waals surface area contributed by atoms with E-state index in [4.69, 9.17) is 0 Å². The highest BCUT2D eigenvalue weighted by Crippen LogP contribution is 2.32. The molecule has 1 aliphatic rings. The summed E-state index contributed by atoms with van der Waals surface area (Å²) in [6.45, 7) is 9.43. The predicted molar refractivity (Wildman–Crippen MR) is 126 cm³/mol. The maximum absolute atomic E-state index is 12.9. The Kier molecular flexibility index (Phi) is 7.07. The highest BCUT2D eigenvalue weighted by atomic mass is 32.2. The normalized spacial score (nSPS) is 17.1. The van der Waals surface area contributed by atoms with E-state index in [9.17, 15) is 14.4 Å². The Morgan fingerprint density at radius 3 is 2.68 bits per heavy atom. The molecule has 0 aliphatic carbocycles. The molecule has 1 N–H and O–H groups in total. The Balaban J connectivity index is 1.77. The fourth-order valence-electron chi connectivity index (χ4n) is 3.25. The number of anilines is 1. The zero-order valence-corrected chi connectivity index (χ0v) is 18.7. The largest absolute Gasteiger partial charge is 0.326 e. The minimum absolute atomic E-state index is 0.0387. The smallest absolute Gasteiger partial charge is 0.242 e. The third-order valence-corrected chi connectivity index (χ3v) is 6.01. The zero-order chi connectivity index (χ0) is 22.5. The van der Waals surface area contributed by atoms with Crippen molar-refractivity contribution in [3.8, 4) is 0 Å². The summed E-state index contributed by atoms with van der Waals surface area (Å²) in [5.41, 5.74) is 3.96. The Labute approximate surface area is 186 Å².